The van der Waals surface area contributed by atoms with Crippen molar-refractivity contribution in [3.63, 3.8) is 0 Å². The van der Waals surface area contributed by atoms with Gasteiger partial charge < -0.3 is 43.4 Å². The van der Waals surface area contributed by atoms with Crippen LogP contribution in [0.15, 0.2) is 21.3 Å². The summed E-state index contributed by atoms with van der Waals surface area (Å²) < 4.78 is 28.3. The van der Waals surface area contributed by atoms with E-state index in [-0.39, 0.29) is 29.0 Å². The predicted octanol–water partition coefficient (Wildman–Crippen LogP) is 1.14. The molecule has 43 heavy (non-hydrogen) atoms. The lowest BCUT2D eigenvalue weighted by atomic mass is 9.89. The van der Waals surface area contributed by atoms with Crippen molar-refractivity contribution in [1.82, 2.24) is 15.3 Å². The molecule has 2 aliphatic heterocycles. The minimum atomic E-state index is -1.54. The molecule has 2 fully saturated rings. The van der Waals surface area contributed by atoms with Crippen LogP contribution in [0.1, 0.15) is 19.4 Å². The number of ether oxygens (including phenoxy) is 4. The van der Waals surface area contributed by atoms with Crippen molar-refractivity contribution in [2.45, 2.75) is 51.0 Å². The molecule has 1 aromatic carbocycles. The Bertz CT molecular complexity index is 1440. The number of hydrogen-bond donors (Lipinski definition) is 4. The number of aliphatic hydroxyl groups excluding tert-OH is 1. The Morgan fingerprint density at radius 2 is 1.93 bits per heavy atom. The summed E-state index contributed by atoms with van der Waals surface area (Å²) in [4.78, 5) is 46.2. The summed E-state index contributed by atoms with van der Waals surface area (Å²) in [6, 6.07) is 2.38. The summed E-state index contributed by atoms with van der Waals surface area (Å²) in [5, 5.41) is 24.6. The number of rotatable bonds is 7. The summed E-state index contributed by atoms with van der Waals surface area (Å²) in [5.74, 6) is 1.86. The number of hydroxylamine groups is 1. The predicted molar refractivity (Wildman–Crippen MR) is 152 cm³/mol. The van der Waals surface area contributed by atoms with E-state index in [0.29, 0.717) is 31.7 Å². The number of carbonyl (C=O) groups is 2. The number of nitrogens with zero attached hydrogens (tertiary/aromatic N) is 2. The van der Waals surface area contributed by atoms with E-state index in [1.165, 1.54) is 19.2 Å². The van der Waals surface area contributed by atoms with E-state index in [2.05, 4.69) is 16.1 Å². The zero-order valence-electron chi connectivity index (χ0n) is 24.5. The van der Waals surface area contributed by atoms with Crippen molar-refractivity contribution in [3.8, 4) is 23.8 Å². The zero-order valence-corrected chi connectivity index (χ0v) is 24.5. The van der Waals surface area contributed by atoms with Crippen LogP contribution in [0.3, 0.4) is 0 Å². The number of fused-ring (bicyclic) bond motifs is 1. The molecule has 0 saturated carbocycles. The third-order valence-electron chi connectivity index (χ3n) is 7.34. The number of piperazine rings is 1. The molecule has 3 heterocycles. The van der Waals surface area contributed by atoms with Crippen LogP contribution < -0.4 is 21.2 Å². The van der Waals surface area contributed by atoms with Gasteiger partial charge in [-0.25, -0.2) is 14.4 Å². The van der Waals surface area contributed by atoms with Crippen molar-refractivity contribution in [2.24, 2.45) is 0 Å². The number of nitrogens with one attached hydrogen (secondary N) is 2. The van der Waals surface area contributed by atoms with Gasteiger partial charge in [0.15, 0.2) is 23.6 Å². The van der Waals surface area contributed by atoms with Crippen LogP contribution >= 0.6 is 0 Å². The molecule has 15 nitrogen and oxygen atoms in total. The van der Waals surface area contributed by atoms with Crippen molar-refractivity contribution in [1.29, 1.82) is 0 Å². The van der Waals surface area contributed by atoms with Crippen LogP contribution in [0.2, 0.25) is 0 Å². The van der Waals surface area contributed by atoms with E-state index >= 15 is 0 Å². The molecular formula is C28H36N4O11. The largest absolute Gasteiger partial charge is 0.505 e. The summed E-state index contributed by atoms with van der Waals surface area (Å²) >= 11 is 0. The molecule has 4 atom stereocenters. The lowest BCUT2D eigenvalue weighted by Crippen LogP contribution is -2.65. The average molecular weight is 605 g/mol. The molecule has 4 N–H and O–H groups in total. The number of aryl methyl sites for hydroxylation is 1. The monoisotopic (exact) mass is 604 g/mol. The topological polar surface area (TPSA) is 182 Å². The Hall–Kier alpha value is -4.07. The molecule has 2 aromatic rings. The number of likely N-dealkylation sites (N-methyl/N-ethyl adjacent to an activating group) is 1. The van der Waals surface area contributed by atoms with Crippen LogP contribution in [0.5, 0.6) is 11.5 Å². The van der Waals surface area contributed by atoms with E-state index in [0.717, 1.165) is 0 Å². The van der Waals surface area contributed by atoms with Gasteiger partial charge in [0.2, 0.25) is 6.29 Å². The second kappa shape index (κ2) is 13.1. The Kier molecular flexibility index (Phi) is 9.68. The second-order valence-electron chi connectivity index (χ2n) is 10.7. The van der Waals surface area contributed by atoms with Crippen LogP contribution in [-0.2, 0) is 19.0 Å². The molecule has 0 radical (unpaired) electrons. The van der Waals surface area contributed by atoms with E-state index in [1.54, 1.807) is 25.7 Å². The SMILES string of the molecule is C#CCONC(=O)O[C@H]1[C@@H](O)[C@H](Oc2ccc3c(O)c(NC(=O)N4CCN(C)CC4)c(=O)oc3c2C)OC(C)(C)[C@@H]1OC. The maximum absolute atomic E-state index is 12.9. The number of methoxy groups -OCH3 is 1. The summed E-state index contributed by atoms with van der Waals surface area (Å²) in [6.07, 6.45) is -1.01. The highest BCUT2D eigenvalue weighted by atomic mass is 16.7. The van der Waals surface area contributed by atoms with Crippen LogP contribution in [0.4, 0.5) is 15.3 Å². The first-order valence-electron chi connectivity index (χ1n) is 13.5. The van der Waals surface area contributed by atoms with E-state index in [1.807, 2.05) is 12.5 Å². The zero-order chi connectivity index (χ0) is 31.5. The van der Waals surface area contributed by atoms with Gasteiger partial charge in [-0.1, -0.05) is 5.92 Å². The lowest BCUT2D eigenvalue weighted by molar-refractivity contribution is -0.305. The first kappa shape index (κ1) is 31.9. The maximum atomic E-state index is 12.9. The summed E-state index contributed by atoms with van der Waals surface area (Å²) in [7, 11) is 3.32. The molecule has 0 unspecified atom stereocenters. The van der Waals surface area contributed by atoms with Crippen LogP contribution in [0, 0.1) is 19.3 Å². The number of urea groups is 1. The fourth-order valence-corrected chi connectivity index (χ4v) is 5.02. The van der Waals surface area contributed by atoms with Crippen molar-refractivity contribution in [3.05, 3.63) is 28.1 Å². The first-order valence-corrected chi connectivity index (χ1v) is 13.5. The number of amides is 3. The Balaban J connectivity index is 1.57. The highest BCUT2D eigenvalue weighted by Gasteiger charge is 2.53. The third kappa shape index (κ3) is 6.79. The minimum Gasteiger partial charge on any atom is -0.505 e. The number of aliphatic hydroxyl groups is 1. The maximum Gasteiger partial charge on any atom is 0.431 e. The van der Waals surface area contributed by atoms with Gasteiger partial charge in [0.1, 0.15) is 24.0 Å². The average Bonchev–Trinajstić information content (AvgIpc) is 2.95. The van der Waals surface area contributed by atoms with Gasteiger partial charge in [0.25, 0.3) is 0 Å². The molecule has 0 spiro atoms. The normalized spacial score (nSPS) is 23.8. The molecule has 2 saturated heterocycles. The van der Waals surface area contributed by atoms with Gasteiger partial charge in [-0.05, 0) is 40.0 Å². The van der Waals surface area contributed by atoms with Crippen molar-refractivity contribution >= 4 is 28.8 Å². The summed E-state index contributed by atoms with van der Waals surface area (Å²) in [5.41, 5.74) is -0.153. The van der Waals surface area contributed by atoms with Gasteiger partial charge in [0, 0.05) is 38.9 Å². The third-order valence-corrected chi connectivity index (χ3v) is 7.34. The van der Waals surface area contributed by atoms with E-state index in [4.69, 9.17) is 34.6 Å². The van der Waals surface area contributed by atoms with Crippen molar-refractivity contribution in [2.75, 3.05) is 52.3 Å². The molecule has 3 amide bonds. The van der Waals surface area contributed by atoms with E-state index in [9.17, 15) is 24.6 Å². The molecule has 1 aromatic heterocycles. The van der Waals surface area contributed by atoms with Crippen LogP contribution in [0.25, 0.3) is 11.0 Å². The number of benzene rings is 1. The standard InChI is InChI=1S/C28H36N4O11/c1-7-14-39-30-27(37)42-22-20(34)25(43-28(3,4)23(22)38-6)40-17-9-8-16-19(33)18(24(35)41-21(16)15(17)2)29-26(36)32-12-10-31(5)11-13-32/h1,8-9,20,22-23,25,33-34H,10-14H2,2-6H3,(H,29,36)(H,30,37)/t20-,22+,23-,25-/m1/s1. The number of terminal acetylenes is 1. The molecule has 234 valence electrons. The molecule has 4 rings (SSSR count). The Morgan fingerprint density at radius 1 is 1.23 bits per heavy atom. The molecule has 0 bridgehead atoms. The fourth-order valence-electron chi connectivity index (χ4n) is 5.02. The Morgan fingerprint density at radius 3 is 2.58 bits per heavy atom. The molecular weight excluding hydrogens is 568 g/mol. The lowest BCUT2D eigenvalue weighted by Gasteiger charge is -2.47. The second-order valence-corrected chi connectivity index (χ2v) is 10.7. The van der Waals surface area contributed by atoms with Gasteiger partial charge in [-0.2, -0.15) is 5.48 Å². The quantitative estimate of drug-likeness (QED) is 0.153. The first-order chi connectivity index (χ1) is 20.4. The van der Waals surface area contributed by atoms with Gasteiger partial charge in [0.05, 0.1) is 11.0 Å². The van der Waals surface area contributed by atoms with Crippen molar-refractivity contribution < 1.29 is 48.0 Å². The number of carbonyl (C=O) groups excluding carboxylic acids is 2. The van der Waals surface area contributed by atoms with E-state index < -0.39 is 53.7 Å². The highest BCUT2D eigenvalue weighted by Crippen LogP contribution is 2.38. The number of hydrogen-bond acceptors (Lipinski definition) is 12. The Labute approximate surface area is 247 Å². The smallest absolute Gasteiger partial charge is 0.431 e. The van der Waals surface area contributed by atoms with Crippen LogP contribution in [-0.4, -0.2) is 109 Å². The summed E-state index contributed by atoms with van der Waals surface area (Å²) in [6.45, 7) is 6.99. The van der Waals surface area contributed by atoms with Gasteiger partial charge in [-0.15, -0.1) is 6.42 Å². The minimum absolute atomic E-state index is 0.00485. The molecule has 15 heteroatoms. The number of anilines is 1. The number of aromatic hydroxyl groups is 1. The molecule has 0 aliphatic carbocycles. The van der Waals surface area contributed by atoms with Gasteiger partial charge in [-0.3, -0.25) is 10.2 Å². The van der Waals surface area contributed by atoms with Gasteiger partial charge >= 0.3 is 17.7 Å². The molecule has 2 aliphatic rings. The fraction of sp³-hybridized carbons (Fsp3) is 0.536. The highest BCUT2D eigenvalue weighted by molar-refractivity contribution is 5.97.